The van der Waals surface area contributed by atoms with Crippen molar-refractivity contribution in [1.82, 2.24) is 25.8 Å². The summed E-state index contributed by atoms with van der Waals surface area (Å²) >= 11 is 0. The van der Waals surface area contributed by atoms with Gasteiger partial charge in [-0.1, -0.05) is 6.07 Å². The van der Waals surface area contributed by atoms with Gasteiger partial charge in [0.05, 0.1) is 12.3 Å². The zero-order chi connectivity index (χ0) is 19.9. The third kappa shape index (κ3) is 6.24. The van der Waals surface area contributed by atoms with E-state index in [1.54, 1.807) is 24.5 Å². The summed E-state index contributed by atoms with van der Waals surface area (Å²) in [5, 5.41) is 13.3. The summed E-state index contributed by atoms with van der Waals surface area (Å²) in [5.74, 6) is 0.635. The minimum Gasteiger partial charge on any atom is -0.461 e. The average molecular weight is 516 g/mol. The first kappa shape index (κ1) is 22.8. The van der Waals surface area contributed by atoms with E-state index in [4.69, 9.17) is 4.42 Å². The van der Waals surface area contributed by atoms with E-state index in [1.807, 2.05) is 13.8 Å². The molecule has 3 rings (SSSR count). The summed E-state index contributed by atoms with van der Waals surface area (Å²) in [6, 6.07) is 7.17. The number of benzene rings is 1. The molecule has 0 aliphatic heterocycles. The van der Waals surface area contributed by atoms with E-state index in [0.29, 0.717) is 48.4 Å². The lowest BCUT2D eigenvalue weighted by atomic mass is 10.1. The van der Waals surface area contributed by atoms with Gasteiger partial charge in [-0.25, -0.2) is 13.8 Å². The van der Waals surface area contributed by atoms with Gasteiger partial charge in [0.2, 0.25) is 5.82 Å². The largest absolute Gasteiger partial charge is 0.461 e. The van der Waals surface area contributed by atoms with Crippen molar-refractivity contribution in [2.45, 2.75) is 26.3 Å². The molecule has 10 heteroatoms. The maximum Gasteiger partial charge on any atom is 0.216 e. The fourth-order valence-corrected chi connectivity index (χ4v) is 2.59. The lowest BCUT2D eigenvalue weighted by molar-refractivity contribution is 0.504. The van der Waals surface area contributed by atoms with Crippen LogP contribution in [0.3, 0.4) is 0 Å². The zero-order valence-corrected chi connectivity index (χ0v) is 18.4. The van der Waals surface area contributed by atoms with Crippen LogP contribution >= 0.6 is 24.0 Å². The predicted octanol–water partition coefficient (Wildman–Crippen LogP) is 3.82. The highest BCUT2D eigenvalue weighted by molar-refractivity contribution is 14.0. The van der Waals surface area contributed by atoms with Crippen LogP contribution in [-0.2, 0) is 6.42 Å². The lowest BCUT2D eigenvalue weighted by Crippen LogP contribution is -2.39. The molecule has 3 N–H and O–H groups in total. The molecule has 0 aliphatic rings. The number of furan rings is 1. The average Bonchev–Trinajstić information content (AvgIpc) is 3.35. The second kappa shape index (κ2) is 10.9. The second-order valence-electron chi connectivity index (χ2n) is 6.13. The highest BCUT2D eigenvalue weighted by Crippen LogP contribution is 2.16. The van der Waals surface area contributed by atoms with Crippen LogP contribution in [0.1, 0.15) is 31.3 Å². The van der Waals surface area contributed by atoms with Gasteiger partial charge >= 0.3 is 0 Å². The van der Waals surface area contributed by atoms with E-state index in [1.165, 1.54) is 6.07 Å². The highest BCUT2D eigenvalue weighted by atomic mass is 127. The first-order valence-electron chi connectivity index (χ1n) is 9.01. The van der Waals surface area contributed by atoms with Crippen LogP contribution in [0.25, 0.3) is 11.6 Å². The maximum atomic E-state index is 13.4. The number of rotatable bonds is 7. The van der Waals surface area contributed by atoms with Crippen LogP contribution < -0.4 is 10.6 Å². The molecule has 2 heterocycles. The van der Waals surface area contributed by atoms with E-state index in [0.717, 1.165) is 6.07 Å². The van der Waals surface area contributed by atoms with E-state index >= 15 is 0 Å². The molecular formula is C19H23F2IN6O. The van der Waals surface area contributed by atoms with Crippen molar-refractivity contribution in [3.05, 3.63) is 59.6 Å². The van der Waals surface area contributed by atoms with Crippen LogP contribution in [0.5, 0.6) is 0 Å². The summed E-state index contributed by atoms with van der Waals surface area (Å²) in [4.78, 5) is 8.88. The standard InChI is InChI=1S/C19H22F2N6O.HI/c1-3-22-19(24-12(2)13-6-7-14(20)15(21)11-13)23-9-8-17-25-18(27-26-17)16-5-4-10-28-16;/h4-7,10-12H,3,8-9H2,1-2H3,(H2,22,23,24)(H,25,26,27);1H. The van der Waals surface area contributed by atoms with Crippen molar-refractivity contribution >= 4 is 29.9 Å². The lowest BCUT2D eigenvalue weighted by Gasteiger charge is -2.18. The Morgan fingerprint density at radius 2 is 2.10 bits per heavy atom. The molecule has 7 nitrogen and oxygen atoms in total. The zero-order valence-electron chi connectivity index (χ0n) is 16.1. The second-order valence-corrected chi connectivity index (χ2v) is 6.13. The van der Waals surface area contributed by atoms with Crippen LogP contribution in [0.4, 0.5) is 8.78 Å². The van der Waals surface area contributed by atoms with Crippen molar-refractivity contribution in [1.29, 1.82) is 0 Å². The van der Waals surface area contributed by atoms with Crippen molar-refractivity contribution in [3.8, 4) is 11.6 Å². The molecule has 29 heavy (non-hydrogen) atoms. The quantitative estimate of drug-likeness (QED) is 0.253. The molecule has 0 aliphatic carbocycles. The van der Waals surface area contributed by atoms with Crippen LogP contribution in [0.15, 0.2) is 46.0 Å². The fourth-order valence-electron chi connectivity index (χ4n) is 2.59. The first-order chi connectivity index (χ1) is 13.6. The van der Waals surface area contributed by atoms with Gasteiger partial charge in [0, 0.05) is 19.5 Å². The number of nitrogens with one attached hydrogen (secondary N) is 3. The smallest absolute Gasteiger partial charge is 0.216 e. The summed E-state index contributed by atoms with van der Waals surface area (Å²) in [6.07, 6.45) is 2.13. The van der Waals surface area contributed by atoms with Crippen LogP contribution in [0.2, 0.25) is 0 Å². The molecular weight excluding hydrogens is 493 g/mol. The fraction of sp³-hybridized carbons (Fsp3) is 0.316. The molecule has 0 saturated heterocycles. The number of hydrogen-bond donors (Lipinski definition) is 3. The van der Waals surface area contributed by atoms with Gasteiger partial charge in [-0.05, 0) is 43.7 Å². The minimum absolute atomic E-state index is 0. The third-order valence-electron chi connectivity index (χ3n) is 4.03. The van der Waals surface area contributed by atoms with Gasteiger partial charge in [-0.3, -0.25) is 10.1 Å². The van der Waals surface area contributed by atoms with Crippen LogP contribution in [0, 0.1) is 11.6 Å². The van der Waals surface area contributed by atoms with E-state index in [-0.39, 0.29) is 30.0 Å². The molecule has 0 fully saturated rings. The molecule has 0 bridgehead atoms. The van der Waals surface area contributed by atoms with E-state index in [9.17, 15) is 8.78 Å². The number of H-pyrrole nitrogens is 1. The molecule has 0 spiro atoms. The first-order valence-corrected chi connectivity index (χ1v) is 9.01. The van der Waals surface area contributed by atoms with Crippen molar-refractivity contribution in [2.75, 3.05) is 13.1 Å². The SMILES string of the molecule is CCNC(=NCCc1nc(-c2ccco2)n[nH]1)NC(C)c1ccc(F)c(F)c1.I. The number of aromatic amines is 1. The Bertz CT molecular complexity index is 929. The van der Waals surface area contributed by atoms with Gasteiger partial charge in [-0.2, -0.15) is 5.10 Å². The van der Waals surface area contributed by atoms with Gasteiger partial charge in [0.1, 0.15) is 5.82 Å². The van der Waals surface area contributed by atoms with Gasteiger partial charge in [-0.15, -0.1) is 24.0 Å². The molecule has 3 aromatic rings. The Kier molecular flexibility index (Phi) is 8.55. The summed E-state index contributed by atoms with van der Waals surface area (Å²) in [6.45, 7) is 4.94. The number of halogens is 3. The Morgan fingerprint density at radius 3 is 2.79 bits per heavy atom. The van der Waals surface area contributed by atoms with Crippen molar-refractivity contribution in [3.63, 3.8) is 0 Å². The Balaban J connectivity index is 0.00000300. The maximum absolute atomic E-state index is 13.4. The van der Waals surface area contributed by atoms with E-state index < -0.39 is 11.6 Å². The molecule has 0 radical (unpaired) electrons. The van der Waals surface area contributed by atoms with Crippen molar-refractivity contribution in [2.24, 2.45) is 4.99 Å². The molecule has 0 saturated carbocycles. The molecule has 1 unspecified atom stereocenters. The molecule has 1 aromatic carbocycles. The summed E-state index contributed by atoms with van der Waals surface area (Å²) < 4.78 is 31.8. The van der Waals surface area contributed by atoms with Crippen molar-refractivity contribution < 1.29 is 13.2 Å². The normalized spacial score (nSPS) is 12.3. The highest BCUT2D eigenvalue weighted by Gasteiger charge is 2.11. The van der Waals surface area contributed by atoms with Gasteiger partial charge < -0.3 is 15.1 Å². The van der Waals surface area contributed by atoms with Gasteiger partial charge in [0.15, 0.2) is 23.4 Å². The molecule has 2 aromatic heterocycles. The Labute approximate surface area is 184 Å². The number of aromatic nitrogens is 3. The molecule has 1 atom stereocenters. The molecule has 0 amide bonds. The monoisotopic (exact) mass is 516 g/mol. The Morgan fingerprint density at radius 1 is 1.28 bits per heavy atom. The molecule has 156 valence electrons. The third-order valence-corrected chi connectivity index (χ3v) is 4.03. The predicted molar refractivity (Wildman–Crippen MR) is 117 cm³/mol. The number of guanidine groups is 1. The van der Waals surface area contributed by atoms with E-state index in [2.05, 4.69) is 30.8 Å². The van der Waals surface area contributed by atoms with Crippen LogP contribution in [-0.4, -0.2) is 34.2 Å². The van der Waals surface area contributed by atoms with Gasteiger partial charge in [0.25, 0.3) is 0 Å². The number of nitrogens with zero attached hydrogens (tertiary/aromatic N) is 3. The Hall–Kier alpha value is -2.50. The summed E-state index contributed by atoms with van der Waals surface area (Å²) in [7, 11) is 0. The minimum atomic E-state index is -0.870. The summed E-state index contributed by atoms with van der Waals surface area (Å²) in [5.41, 5.74) is 0.628. The topological polar surface area (TPSA) is 91.1 Å². The number of hydrogen-bond acceptors (Lipinski definition) is 4. The number of aliphatic imine (C=N–C) groups is 1.